The lowest BCUT2D eigenvalue weighted by Gasteiger charge is -2.12. The van der Waals surface area contributed by atoms with Crippen LogP contribution in [-0.4, -0.2) is 28.8 Å². The Morgan fingerprint density at radius 3 is 2.71 bits per heavy atom. The zero-order valence-corrected chi connectivity index (χ0v) is 11.2. The van der Waals surface area contributed by atoms with Crippen LogP contribution in [-0.2, 0) is 17.7 Å². The van der Waals surface area contributed by atoms with Gasteiger partial charge in [-0.2, -0.15) is 13.2 Å². The van der Waals surface area contributed by atoms with E-state index in [0.717, 1.165) is 0 Å². The Morgan fingerprint density at radius 2 is 2.05 bits per heavy atom. The predicted octanol–water partition coefficient (Wildman–Crippen LogP) is 2.82. The number of benzene rings is 1. The Bertz CT molecular complexity index is 635. The minimum atomic E-state index is -4.33. The van der Waals surface area contributed by atoms with Gasteiger partial charge in [-0.3, -0.25) is 0 Å². The molecule has 1 aromatic carbocycles. The number of carbonyl (C=O) groups excluding carboxylic acids is 1. The number of imidazole rings is 1. The number of rotatable bonds is 4. The summed E-state index contributed by atoms with van der Waals surface area (Å²) in [5.74, 6) is -0.620. The molecule has 0 aliphatic carbocycles. The second kappa shape index (κ2) is 5.99. The second-order valence-corrected chi connectivity index (χ2v) is 4.41. The van der Waals surface area contributed by atoms with Gasteiger partial charge < -0.3 is 9.30 Å². The first-order valence-corrected chi connectivity index (χ1v) is 6.13. The van der Waals surface area contributed by atoms with E-state index in [1.807, 2.05) is 0 Å². The summed E-state index contributed by atoms with van der Waals surface area (Å²) in [4.78, 5) is 15.4. The molecule has 0 spiro atoms. The van der Waals surface area contributed by atoms with Crippen molar-refractivity contribution in [2.45, 2.75) is 19.1 Å². The highest BCUT2D eigenvalue weighted by Crippen LogP contribution is 2.21. The number of carbonyl (C=O) groups is 1. The molecule has 0 radical (unpaired) electrons. The minimum absolute atomic E-state index is 0.0952. The molecule has 0 aliphatic rings. The van der Waals surface area contributed by atoms with Crippen molar-refractivity contribution < 1.29 is 22.7 Å². The van der Waals surface area contributed by atoms with Gasteiger partial charge >= 0.3 is 12.1 Å². The average molecular weight is 298 g/mol. The Kier molecular flexibility index (Phi) is 4.30. The predicted molar refractivity (Wildman–Crippen MR) is 68.9 cm³/mol. The van der Waals surface area contributed by atoms with Gasteiger partial charge in [-0.05, 0) is 11.6 Å². The van der Waals surface area contributed by atoms with Crippen LogP contribution in [0.2, 0.25) is 0 Å². The number of esters is 1. The summed E-state index contributed by atoms with van der Waals surface area (Å²) in [5.41, 5.74) is 0.900. The fourth-order valence-corrected chi connectivity index (χ4v) is 1.98. The number of halogens is 3. The highest BCUT2D eigenvalue weighted by molar-refractivity contribution is 5.90. The number of aromatic nitrogens is 2. The van der Waals surface area contributed by atoms with Crippen LogP contribution in [0.5, 0.6) is 0 Å². The van der Waals surface area contributed by atoms with Gasteiger partial charge in [0.05, 0.1) is 12.7 Å². The Hall–Kier alpha value is -2.31. The molecule has 0 amide bonds. The summed E-state index contributed by atoms with van der Waals surface area (Å²) in [6.07, 6.45) is -2.68. The van der Waals surface area contributed by atoms with E-state index < -0.39 is 18.6 Å². The maximum absolute atomic E-state index is 12.5. The largest absolute Gasteiger partial charge is 0.465 e. The number of methoxy groups -OCH3 is 1. The number of ether oxygens (including phenoxy) is 1. The molecule has 7 heteroatoms. The third-order valence-corrected chi connectivity index (χ3v) is 2.92. The monoisotopic (exact) mass is 298 g/mol. The van der Waals surface area contributed by atoms with Gasteiger partial charge in [0.25, 0.3) is 0 Å². The fraction of sp³-hybridized carbons (Fsp3) is 0.286. The Morgan fingerprint density at radius 1 is 1.33 bits per heavy atom. The van der Waals surface area contributed by atoms with Crippen molar-refractivity contribution in [3.8, 4) is 0 Å². The van der Waals surface area contributed by atoms with Gasteiger partial charge in [0, 0.05) is 18.9 Å². The van der Waals surface area contributed by atoms with E-state index >= 15 is 0 Å². The smallest absolute Gasteiger partial charge is 0.396 e. The molecule has 0 saturated carbocycles. The Labute approximate surface area is 119 Å². The van der Waals surface area contributed by atoms with Crippen molar-refractivity contribution in [3.05, 3.63) is 53.6 Å². The zero-order chi connectivity index (χ0) is 15.5. The number of hydrogen-bond donors (Lipinski definition) is 0. The summed E-state index contributed by atoms with van der Waals surface area (Å²) in [7, 11) is 1.26. The average Bonchev–Trinajstić information content (AvgIpc) is 2.83. The SMILES string of the molecule is COC(=O)c1ccccc1Cn1ccnc1CC(F)(F)F. The lowest BCUT2D eigenvalue weighted by atomic mass is 10.1. The molecule has 1 heterocycles. The van der Waals surface area contributed by atoms with E-state index in [4.69, 9.17) is 0 Å². The molecule has 21 heavy (non-hydrogen) atoms. The lowest BCUT2D eigenvalue weighted by Crippen LogP contribution is -2.17. The summed E-state index contributed by atoms with van der Waals surface area (Å²) in [6, 6.07) is 6.62. The van der Waals surface area contributed by atoms with Crippen LogP contribution in [0.4, 0.5) is 13.2 Å². The summed E-state index contributed by atoms with van der Waals surface area (Å²) < 4.78 is 43.5. The van der Waals surface area contributed by atoms with Gasteiger partial charge in [-0.1, -0.05) is 18.2 Å². The van der Waals surface area contributed by atoms with Gasteiger partial charge in [0.15, 0.2) is 0 Å². The van der Waals surface area contributed by atoms with Crippen LogP contribution < -0.4 is 0 Å². The lowest BCUT2D eigenvalue weighted by molar-refractivity contribution is -0.128. The van der Waals surface area contributed by atoms with E-state index in [9.17, 15) is 18.0 Å². The van der Waals surface area contributed by atoms with Crippen molar-refractivity contribution in [2.75, 3.05) is 7.11 Å². The Balaban J connectivity index is 2.28. The molecule has 0 N–H and O–H groups in total. The van der Waals surface area contributed by atoms with Crippen LogP contribution in [0.25, 0.3) is 0 Å². The fourth-order valence-electron chi connectivity index (χ4n) is 1.98. The van der Waals surface area contributed by atoms with Crippen molar-refractivity contribution >= 4 is 5.97 Å². The van der Waals surface area contributed by atoms with E-state index in [-0.39, 0.29) is 12.4 Å². The first kappa shape index (κ1) is 15.1. The van der Waals surface area contributed by atoms with Crippen molar-refractivity contribution in [1.29, 1.82) is 0 Å². The molecular weight excluding hydrogens is 285 g/mol. The number of nitrogens with zero attached hydrogens (tertiary/aromatic N) is 2. The quantitative estimate of drug-likeness (QED) is 0.815. The highest BCUT2D eigenvalue weighted by atomic mass is 19.4. The first-order valence-electron chi connectivity index (χ1n) is 6.13. The summed E-state index contributed by atoms with van der Waals surface area (Å²) in [6.45, 7) is 0.122. The molecule has 0 fully saturated rings. The van der Waals surface area contributed by atoms with E-state index in [1.54, 1.807) is 24.3 Å². The third kappa shape index (κ3) is 3.84. The molecule has 2 rings (SSSR count). The van der Waals surface area contributed by atoms with E-state index in [0.29, 0.717) is 11.1 Å². The van der Waals surface area contributed by atoms with Gasteiger partial charge in [0.1, 0.15) is 12.2 Å². The topological polar surface area (TPSA) is 44.1 Å². The van der Waals surface area contributed by atoms with Crippen LogP contribution in [0.3, 0.4) is 0 Å². The molecule has 0 bridgehead atoms. The van der Waals surface area contributed by atoms with Crippen molar-refractivity contribution in [3.63, 3.8) is 0 Å². The molecule has 0 atom stereocenters. The van der Waals surface area contributed by atoms with Crippen LogP contribution in [0, 0.1) is 0 Å². The first-order chi connectivity index (χ1) is 9.90. The zero-order valence-electron chi connectivity index (χ0n) is 11.2. The van der Waals surface area contributed by atoms with Crippen LogP contribution in [0.1, 0.15) is 21.7 Å². The molecule has 0 unspecified atom stereocenters. The van der Waals surface area contributed by atoms with Crippen molar-refractivity contribution in [2.24, 2.45) is 0 Å². The molecule has 112 valence electrons. The normalized spacial score (nSPS) is 11.4. The van der Waals surface area contributed by atoms with Gasteiger partial charge in [-0.25, -0.2) is 9.78 Å². The van der Waals surface area contributed by atoms with Crippen LogP contribution >= 0.6 is 0 Å². The number of hydrogen-bond acceptors (Lipinski definition) is 3. The second-order valence-electron chi connectivity index (χ2n) is 4.41. The summed E-state index contributed by atoms with van der Waals surface area (Å²) >= 11 is 0. The highest BCUT2D eigenvalue weighted by Gasteiger charge is 2.30. The standard InChI is InChI=1S/C14H13F3N2O2/c1-21-13(20)11-5-3-2-4-10(11)9-19-7-6-18-12(19)8-14(15,16)17/h2-7H,8-9H2,1H3. The summed E-state index contributed by atoms with van der Waals surface area (Å²) in [5, 5.41) is 0. The van der Waals surface area contributed by atoms with E-state index in [1.165, 1.54) is 24.1 Å². The molecular formula is C14H13F3N2O2. The van der Waals surface area contributed by atoms with Crippen molar-refractivity contribution in [1.82, 2.24) is 9.55 Å². The third-order valence-electron chi connectivity index (χ3n) is 2.92. The molecule has 0 aliphatic heterocycles. The molecule has 4 nitrogen and oxygen atoms in total. The van der Waals surface area contributed by atoms with Gasteiger partial charge in [-0.15, -0.1) is 0 Å². The maximum atomic E-state index is 12.5. The molecule has 1 aromatic heterocycles. The number of alkyl halides is 3. The van der Waals surface area contributed by atoms with Crippen LogP contribution in [0.15, 0.2) is 36.7 Å². The minimum Gasteiger partial charge on any atom is -0.465 e. The van der Waals surface area contributed by atoms with E-state index in [2.05, 4.69) is 9.72 Å². The van der Waals surface area contributed by atoms with Gasteiger partial charge in [0.2, 0.25) is 0 Å². The molecule has 2 aromatic rings. The molecule has 0 saturated heterocycles. The maximum Gasteiger partial charge on any atom is 0.396 e.